The molecule has 4 nitrogen and oxygen atoms in total. The molecule has 0 unspecified atom stereocenters. The molecule has 0 aromatic heterocycles. The summed E-state index contributed by atoms with van der Waals surface area (Å²) in [6.07, 6.45) is 0.667. The lowest BCUT2D eigenvalue weighted by Crippen LogP contribution is -2.45. The summed E-state index contributed by atoms with van der Waals surface area (Å²) in [4.78, 5) is -0.0537. The van der Waals surface area contributed by atoms with Crippen LogP contribution in [0.3, 0.4) is 0 Å². The molecule has 1 aromatic rings. The molecule has 0 heterocycles. The van der Waals surface area contributed by atoms with Gasteiger partial charge in [-0.15, -0.1) is 0 Å². The van der Waals surface area contributed by atoms with Gasteiger partial charge in [-0.2, -0.15) is 0 Å². The fourth-order valence-electron chi connectivity index (χ4n) is 2.65. The van der Waals surface area contributed by atoms with Crippen LogP contribution in [-0.4, -0.2) is 21.1 Å². The lowest BCUT2D eigenvalue weighted by molar-refractivity contribution is 0.269. The number of benzene rings is 1. The average Bonchev–Trinajstić information content (AvgIpc) is 2.26. The van der Waals surface area contributed by atoms with Gasteiger partial charge in [0.15, 0.2) is 0 Å². The lowest BCUT2D eigenvalue weighted by atomic mass is 9.82. The monoisotopic (exact) mass is 367 g/mol. The minimum Gasteiger partial charge on any atom is -0.495 e. The summed E-state index contributed by atoms with van der Waals surface area (Å²) in [6.45, 7) is 9.85. The van der Waals surface area contributed by atoms with Crippen LogP contribution in [0, 0.1) is 5.41 Å². The van der Waals surface area contributed by atoms with Crippen LogP contribution in [0.25, 0.3) is 0 Å². The molecule has 1 aromatic carbocycles. The molecule has 0 radical (unpaired) electrons. The highest BCUT2D eigenvalue weighted by molar-refractivity contribution is 7.89. The Morgan fingerprint density at radius 1 is 1.09 bits per heavy atom. The van der Waals surface area contributed by atoms with E-state index in [2.05, 4.69) is 25.5 Å². The molecular formula is C15H23Cl2NO3S. The predicted octanol–water partition coefficient (Wildman–Crippen LogP) is 4.50. The van der Waals surface area contributed by atoms with Gasteiger partial charge >= 0.3 is 0 Å². The summed E-state index contributed by atoms with van der Waals surface area (Å²) >= 11 is 12.1. The van der Waals surface area contributed by atoms with E-state index in [1.54, 1.807) is 0 Å². The largest absolute Gasteiger partial charge is 0.495 e. The van der Waals surface area contributed by atoms with Crippen LogP contribution >= 0.6 is 23.2 Å². The maximum atomic E-state index is 12.6. The molecule has 7 heteroatoms. The summed E-state index contributed by atoms with van der Waals surface area (Å²) in [5.41, 5.74) is -0.639. The first kappa shape index (κ1) is 19.6. The van der Waals surface area contributed by atoms with E-state index in [0.717, 1.165) is 0 Å². The predicted molar refractivity (Wildman–Crippen MR) is 91.5 cm³/mol. The van der Waals surface area contributed by atoms with Gasteiger partial charge in [-0.1, -0.05) is 44.0 Å². The van der Waals surface area contributed by atoms with E-state index in [0.29, 0.717) is 12.2 Å². The fourth-order valence-corrected chi connectivity index (χ4v) is 4.92. The summed E-state index contributed by atoms with van der Waals surface area (Å²) in [5.74, 6) is 0.333. The second-order valence-electron chi connectivity index (χ2n) is 7.14. The molecule has 0 spiro atoms. The first-order chi connectivity index (χ1) is 9.77. The summed E-state index contributed by atoms with van der Waals surface area (Å²) in [7, 11) is -2.35. The third kappa shape index (κ3) is 5.30. The molecule has 0 atom stereocenters. The zero-order valence-electron chi connectivity index (χ0n) is 13.8. The van der Waals surface area contributed by atoms with Crippen molar-refractivity contribution in [3.05, 3.63) is 22.2 Å². The second kappa shape index (κ2) is 6.56. The topological polar surface area (TPSA) is 55.4 Å². The van der Waals surface area contributed by atoms with Gasteiger partial charge in [-0.05, 0) is 31.7 Å². The van der Waals surface area contributed by atoms with E-state index in [-0.39, 0.29) is 20.4 Å². The lowest BCUT2D eigenvalue weighted by Gasteiger charge is -2.33. The van der Waals surface area contributed by atoms with Crippen molar-refractivity contribution in [2.75, 3.05) is 7.11 Å². The number of nitrogens with one attached hydrogen (secondary N) is 1. The Morgan fingerprint density at radius 3 is 2.09 bits per heavy atom. The minimum absolute atomic E-state index is 0.0205. The number of methoxy groups -OCH3 is 1. The van der Waals surface area contributed by atoms with Gasteiger partial charge in [0, 0.05) is 11.6 Å². The summed E-state index contributed by atoms with van der Waals surface area (Å²) < 4.78 is 33.0. The van der Waals surface area contributed by atoms with E-state index in [4.69, 9.17) is 27.9 Å². The van der Waals surface area contributed by atoms with Gasteiger partial charge in [0.2, 0.25) is 10.0 Å². The first-order valence-corrected chi connectivity index (χ1v) is 9.08. The Labute approximate surface area is 143 Å². The Morgan fingerprint density at radius 2 is 1.64 bits per heavy atom. The summed E-state index contributed by atoms with van der Waals surface area (Å²) in [6, 6.07) is 2.70. The second-order valence-corrected chi connectivity index (χ2v) is 9.61. The number of ether oxygens (including phenoxy) is 1. The number of sulfonamides is 1. The van der Waals surface area contributed by atoms with Crippen molar-refractivity contribution in [1.29, 1.82) is 0 Å². The highest BCUT2D eigenvalue weighted by Crippen LogP contribution is 2.34. The van der Waals surface area contributed by atoms with Gasteiger partial charge in [-0.25, -0.2) is 13.1 Å². The van der Waals surface area contributed by atoms with E-state index in [1.807, 2.05) is 13.8 Å². The van der Waals surface area contributed by atoms with Gasteiger partial charge < -0.3 is 4.74 Å². The Kier molecular flexibility index (Phi) is 5.83. The standard InChI is InChI=1S/C15H23Cl2NO3S/c1-14(2,3)9-15(4,5)18-22(19,20)13-8-10(16)12(21-6)7-11(13)17/h7-8,18H,9H2,1-6H3. The number of hydrogen-bond acceptors (Lipinski definition) is 3. The molecule has 0 fully saturated rings. The fraction of sp³-hybridized carbons (Fsp3) is 0.600. The quantitative estimate of drug-likeness (QED) is 0.833. The van der Waals surface area contributed by atoms with Crippen LogP contribution in [0.2, 0.25) is 10.0 Å². The molecule has 0 amide bonds. The maximum Gasteiger partial charge on any atom is 0.242 e. The van der Waals surface area contributed by atoms with Gasteiger partial charge in [0.1, 0.15) is 10.6 Å². The van der Waals surface area contributed by atoms with Gasteiger partial charge in [0.05, 0.1) is 17.2 Å². The molecule has 126 valence electrons. The average molecular weight is 368 g/mol. The van der Waals surface area contributed by atoms with Crippen LogP contribution in [0.1, 0.15) is 41.0 Å². The Balaban J connectivity index is 3.18. The third-order valence-electron chi connectivity index (χ3n) is 2.88. The molecule has 0 bridgehead atoms. The Hall–Kier alpha value is -0.490. The highest BCUT2D eigenvalue weighted by Gasteiger charge is 2.32. The van der Waals surface area contributed by atoms with Crippen molar-refractivity contribution in [2.24, 2.45) is 5.41 Å². The van der Waals surface area contributed by atoms with Crippen molar-refractivity contribution in [2.45, 2.75) is 51.5 Å². The van der Waals surface area contributed by atoms with Crippen LogP contribution in [0.5, 0.6) is 5.75 Å². The van der Waals surface area contributed by atoms with E-state index >= 15 is 0 Å². The maximum absolute atomic E-state index is 12.6. The zero-order chi connectivity index (χ0) is 17.3. The van der Waals surface area contributed by atoms with Crippen molar-refractivity contribution in [1.82, 2.24) is 4.72 Å². The molecule has 0 saturated carbocycles. The van der Waals surface area contributed by atoms with E-state index in [1.165, 1.54) is 19.2 Å². The van der Waals surface area contributed by atoms with Crippen LogP contribution in [-0.2, 0) is 10.0 Å². The van der Waals surface area contributed by atoms with Crippen molar-refractivity contribution in [3.8, 4) is 5.75 Å². The first-order valence-electron chi connectivity index (χ1n) is 6.84. The Bertz CT molecular complexity index is 649. The van der Waals surface area contributed by atoms with Crippen LogP contribution < -0.4 is 9.46 Å². The van der Waals surface area contributed by atoms with Crippen molar-refractivity contribution in [3.63, 3.8) is 0 Å². The van der Waals surface area contributed by atoms with E-state index < -0.39 is 15.6 Å². The van der Waals surface area contributed by atoms with E-state index in [9.17, 15) is 8.42 Å². The SMILES string of the molecule is COc1cc(Cl)c(S(=O)(=O)NC(C)(C)CC(C)(C)C)cc1Cl. The molecule has 0 aliphatic rings. The third-order valence-corrected chi connectivity index (χ3v) is 5.34. The van der Waals surface area contributed by atoms with Gasteiger partial charge in [0.25, 0.3) is 0 Å². The summed E-state index contributed by atoms with van der Waals surface area (Å²) in [5, 5.41) is 0.265. The van der Waals surface area contributed by atoms with Crippen LogP contribution in [0.4, 0.5) is 0 Å². The molecular weight excluding hydrogens is 345 g/mol. The van der Waals surface area contributed by atoms with Crippen molar-refractivity contribution < 1.29 is 13.2 Å². The van der Waals surface area contributed by atoms with Crippen molar-refractivity contribution >= 4 is 33.2 Å². The normalized spacial score (nSPS) is 13.3. The molecule has 0 aliphatic carbocycles. The molecule has 0 saturated heterocycles. The van der Waals surface area contributed by atoms with Gasteiger partial charge in [-0.3, -0.25) is 0 Å². The number of hydrogen-bond donors (Lipinski definition) is 1. The molecule has 1 N–H and O–H groups in total. The van der Waals surface area contributed by atoms with Crippen LogP contribution in [0.15, 0.2) is 17.0 Å². The molecule has 0 aliphatic heterocycles. The molecule has 22 heavy (non-hydrogen) atoms. The smallest absolute Gasteiger partial charge is 0.242 e. The number of halogens is 2. The highest BCUT2D eigenvalue weighted by atomic mass is 35.5. The minimum atomic E-state index is -3.79. The zero-order valence-corrected chi connectivity index (χ0v) is 16.1. The number of rotatable bonds is 5. The molecule has 1 rings (SSSR count).